The van der Waals surface area contributed by atoms with E-state index >= 15 is 0 Å². The van der Waals surface area contributed by atoms with E-state index in [1.807, 2.05) is 47.5 Å². The minimum Gasteiger partial charge on any atom is -0.508 e. The van der Waals surface area contributed by atoms with E-state index in [2.05, 4.69) is 0 Å². The minimum absolute atomic E-state index is 0.0535. The van der Waals surface area contributed by atoms with Gasteiger partial charge in [0.15, 0.2) is 11.5 Å². The molecule has 2 aliphatic rings. The zero-order chi connectivity index (χ0) is 20.0. The van der Waals surface area contributed by atoms with Crippen molar-refractivity contribution in [3.05, 3.63) is 83.4 Å². The number of nitrogens with zero attached hydrogens (tertiary/aromatic N) is 2. The summed E-state index contributed by atoms with van der Waals surface area (Å²) in [5, 5.41) is 26.8. The van der Waals surface area contributed by atoms with Gasteiger partial charge in [0, 0.05) is 23.1 Å². The summed E-state index contributed by atoms with van der Waals surface area (Å²) < 4.78 is 11.9. The Balaban J connectivity index is 1.63. The molecule has 5 rings (SSSR count). The van der Waals surface area contributed by atoms with E-state index in [-0.39, 0.29) is 17.5 Å². The van der Waals surface area contributed by atoms with Gasteiger partial charge in [-0.1, -0.05) is 24.3 Å². The number of fused-ring (bicyclic) bond motifs is 3. The molecule has 2 atom stereocenters. The predicted octanol–water partition coefficient (Wildman–Crippen LogP) is 4.35. The van der Waals surface area contributed by atoms with Gasteiger partial charge < -0.3 is 19.7 Å². The fourth-order valence-corrected chi connectivity index (χ4v) is 3.98. The Morgan fingerprint density at radius 3 is 2.55 bits per heavy atom. The third kappa shape index (κ3) is 2.84. The number of hydrogen-bond acceptors (Lipinski definition) is 6. The summed E-state index contributed by atoms with van der Waals surface area (Å²) in [6.45, 7) is 0. The average molecular weight is 388 g/mol. The van der Waals surface area contributed by atoms with Crippen LogP contribution in [0.2, 0.25) is 0 Å². The molecule has 0 radical (unpaired) electrons. The average Bonchev–Trinajstić information content (AvgIpc) is 3.19. The first-order valence-electron chi connectivity index (χ1n) is 9.42. The number of rotatable bonds is 3. The van der Waals surface area contributed by atoms with Crippen LogP contribution >= 0.6 is 0 Å². The first-order chi connectivity index (χ1) is 14.2. The van der Waals surface area contributed by atoms with Crippen LogP contribution in [0.15, 0.2) is 71.8 Å². The molecule has 0 aliphatic carbocycles. The number of aromatic hydroxyl groups is 2. The summed E-state index contributed by atoms with van der Waals surface area (Å²) in [7, 11) is 1.62. The molecule has 2 N–H and O–H groups in total. The van der Waals surface area contributed by atoms with Crippen molar-refractivity contribution in [2.24, 2.45) is 5.10 Å². The maximum absolute atomic E-state index is 10.3. The normalized spacial score (nSPS) is 19.8. The van der Waals surface area contributed by atoms with Crippen molar-refractivity contribution >= 4 is 5.71 Å². The first kappa shape index (κ1) is 17.4. The standard InChI is InChI=1S/C23H20N2O4/c1-28-21-8-4-6-17-19-13-18(16-5-2-3-7-20(16)27)24-25(19)23(29-22(17)21)14-9-11-15(26)12-10-14/h2-12,19,23,26-27H,13H2,1H3/t19-,23-/m1/s1. The summed E-state index contributed by atoms with van der Waals surface area (Å²) in [6, 6.07) is 19.9. The SMILES string of the molecule is COc1cccc2c1O[C@H](c1ccc(O)cc1)N1N=C(c3ccccc3O)C[C@H]21. The molecular weight excluding hydrogens is 368 g/mol. The lowest BCUT2D eigenvalue weighted by atomic mass is 9.95. The third-order valence-corrected chi connectivity index (χ3v) is 5.39. The zero-order valence-electron chi connectivity index (χ0n) is 15.8. The van der Waals surface area contributed by atoms with Gasteiger partial charge in [0.2, 0.25) is 6.23 Å². The monoisotopic (exact) mass is 388 g/mol. The molecule has 3 aromatic rings. The highest BCUT2D eigenvalue weighted by molar-refractivity contribution is 6.04. The molecule has 29 heavy (non-hydrogen) atoms. The molecule has 0 amide bonds. The summed E-state index contributed by atoms with van der Waals surface area (Å²) >= 11 is 0. The van der Waals surface area contributed by atoms with Gasteiger partial charge in [0.05, 0.1) is 18.9 Å². The van der Waals surface area contributed by atoms with Crippen molar-refractivity contribution in [1.29, 1.82) is 0 Å². The Kier molecular flexibility index (Phi) is 4.05. The Hall–Kier alpha value is -3.67. The number of hydrogen-bond donors (Lipinski definition) is 2. The van der Waals surface area contributed by atoms with Crippen molar-refractivity contribution < 1.29 is 19.7 Å². The second kappa shape index (κ2) is 6.74. The van der Waals surface area contributed by atoms with Crippen molar-refractivity contribution in [3.63, 3.8) is 0 Å². The van der Waals surface area contributed by atoms with E-state index in [1.165, 1.54) is 0 Å². The number of ether oxygens (including phenoxy) is 2. The predicted molar refractivity (Wildman–Crippen MR) is 108 cm³/mol. The summed E-state index contributed by atoms with van der Waals surface area (Å²) in [4.78, 5) is 0. The Morgan fingerprint density at radius 1 is 1.00 bits per heavy atom. The molecule has 0 fully saturated rings. The minimum atomic E-state index is -0.479. The van der Waals surface area contributed by atoms with Gasteiger partial charge in [0.25, 0.3) is 0 Å². The fraction of sp³-hybridized carbons (Fsp3) is 0.174. The van der Waals surface area contributed by atoms with Gasteiger partial charge in [-0.2, -0.15) is 5.10 Å². The molecule has 2 heterocycles. The maximum Gasteiger partial charge on any atom is 0.214 e. The summed E-state index contributed by atoms with van der Waals surface area (Å²) in [5.74, 6) is 1.77. The molecular formula is C23H20N2O4. The van der Waals surface area contributed by atoms with Gasteiger partial charge in [-0.05, 0) is 42.5 Å². The van der Waals surface area contributed by atoms with E-state index in [0.29, 0.717) is 17.9 Å². The molecule has 146 valence electrons. The number of hydrazone groups is 1. The summed E-state index contributed by atoms with van der Waals surface area (Å²) in [6.07, 6.45) is 0.156. The van der Waals surface area contributed by atoms with Gasteiger partial charge >= 0.3 is 0 Å². The quantitative estimate of drug-likeness (QED) is 0.698. The zero-order valence-corrected chi connectivity index (χ0v) is 15.8. The number of phenolic OH excluding ortho intramolecular Hbond substituents is 2. The number of methoxy groups -OCH3 is 1. The second-order valence-electron chi connectivity index (χ2n) is 7.10. The number of phenols is 2. The lowest BCUT2D eigenvalue weighted by Crippen LogP contribution is -2.33. The lowest BCUT2D eigenvalue weighted by Gasteiger charge is -2.38. The Labute approximate surface area is 168 Å². The first-order valence-corrected chi connectivity index (χ1v) is 9.42. The molecule has 6 heteroatoms. The van der Waals surface area contributed by atoms with Crippen LogP contribution in [0.4, 0.5) is 0 Å². The number of benzene rings is 3. The van der Waals surface area contributed by atoms with Crippen LogP contribution in [0.3, 0.4) is 0 Å². The lowest BCUT2D eigenvalue weighted by molar-refractivity contribution is -0.0209. The Bertz CT molecular complexity index is 1090. The van der Waals surface area contributed by atoms with Gasteiger partial charge in [-0.15, -0.1) is 0 Å². The van der Waals surface area contributed by atoms with Crippen LogP contribution < -0.4 is 9.47 Å². The van der Waals surface area contributed by atoms with Crippen LogP contribution in [0.1, 0.15) is 35.4 Å². The van der Waals surface area contributed by atoms with Crippen LogP contribution in [0.25, 0.3) is 0 Å². The van der Waals surface area contributed by atoms with Gasteiger partial charge in [-0.3, -0.25) is 0 Å². The van der Waals surface area contributed by atoms with Crippen LogP contribution in [-0.2, 0) is 0 Å². The molecule has 0 aromatic heterocycles. The van der Waals surface area contributed by atoms with Gasteiger partial charge in [0.1, 0.15) is 11.5 Å². The van der Waals surface area contributed by atoms with Crippen molar-refractivity contribution in [3.8, 4) is 23.0 Å². The Morgan fingerprint density at radius 2 is 1.79 bits per heavy atom. The van der Waals surface area contributed by atoms with E-state index < -0.39 is 6.23 Å². The molecule has 0 spiro atoms. The number of para-hydroxylation sites is 2. The van der Waals surface area contributed by atoms with Gasteiger partial charge in [-0.25, -0.2) is 5.01 Å². The molecule has 0 bridgehead atoms. The molecule has 3 aromatic carbocycles. The van der Waals surface area contributed by atoms with E-state index in [4.69, 9.17) is 14.6 Å². The summed E-state index contributed by atoms with van der Waals surface area (Å²) in [5.41, 5.74) is 3.38. The molecule has 0 saturated heterocycles. The maximum atomic E-state index is 10.3. The topological polar surface area (TPSA) is 74.5 Å². The van der Waals surface area contributed by atoms with Crippen LogP contribution in [-0.4, -0.2) is 28.0 Å². The molecule has 2 aliphatic heterocycles. The van der Waals surface area contributed by atoms with Crippen molar-refractivity contribution in [2.45, 2.75) is 18.7 Å². The van der Waals surface area contributed by atoms with E-state index in [0.717, 1.165) is 22.4 Å². The second-order valence-corrected chi connectivity index (χ2v) is 7.10. The third-order valence-electron chi connectivity index (χ3n) is 5.39. The van der Waals surface area contributed by atoms with Crippen molar-refractivity contribution in [2.75, 3.05) is 7.11 Å². The molecule has 6 nitrogen and oxygen atoms in total. The smallest absolute Gasteiger partial charge is 0.214 e. The van der Waals surface area contributed by atoms with E-state index in [1.54, 1.807) is 31.4 Å². The highest BCUT2D eigenvalue weighted by Gasteiger charge is 2.42. The van der Waals surface area contributed by atoms with Crippen molar-refractivity contribution in [1.82, 2.24) is 5.01 Å². The van der Waals surface area contributed by atoms with Crippen LogP contribution in [0, 0.1) is 0 Å². The molecule has 0 unspecified atom stereocenters. The largest absolute Gasteiger partial charge is 0.508 e. The highest BCUT2D eigenvalue weighted by atomic mass is 16.5. The molecule has 0 saturated carbocycles. The fourth-order valence-electron chi connectivity index (χ4n) is 3.98. The highest BCUT2D eigenvalue weighted by Crippen LogP contribution is 2.51. The van der Waals surface area contributed by atoms with Crippen LogP contribution in [0.5, 0.6) is 23.0 Å². The van der Waals surface area contributed by atoms with E-state index in [9.17, 15) is 10.2 Å².